The summed E-state index contributed by atoms with van der Waals surface area (Å²) >= 11 is 0. The zero-order chi connectivity index (χ0) is 15.5. The lowest BCUT2D eigenvalue weighted by Crippen LogP contribution is -2.46. The minimum absolute atomic E-state index is 0.0309. The molecule has 2 fully saturated rings. The number of ether oxygens (including phenoxy) is 2. The number of nitrogen functional groups attached to an aromatic ring is 1. The van der Waals surface area contributed by atoms with E-state index in [0.717, 1.165) is 0 Å². The van der Waals surface area contributed by atoms with E-state index in [2.05, 4.69) is 15.0 Å². The maximum absolute atomic E-state index is 10.6. The van der Waals surface area contributed by atoms with Gasteiger partial charge in [-0.3, -0.25) is 4.57 Å². The van der Waals surface area contributed by atoms with Crippen LogP contribution in [-0.4, -0.2) is 60.8 Å². The SMILES string of the molecule is CC1CO[C@H]2[C@@H](O)[C@H](n3cnc4c(N)ncnc43)O[C@@]12CO. The summed E-state index contributed by atoms with van der Waals surface area (Å²) in [5, 5.41) is 20.4. The number of hydrogen-bond donors (Lipinski definition) is 3. The van der Waals surface area contributed by atoms with Gasteiger partial charge in [-0.1, -0.05) is 6.92 Å². The standard InChI is InChI=1S/C13H17N5O4/c1-6-2-21-9-8(20)12(22-13(6,9)3-19)18-5-17-7-10(14)15-4-16-11(7)18/h4-6,8-9,12,19-20H,2-3H2,1H3,(H2,14,15,16)/t6?,8-,9+,12-,13+/m1/s1. The predicted octanol–water partition coefficient (Wildman–Crippen LogP) is -0.936. The van der Waals surface area contributed by atoms with Gasteiger partial charge >= 0.3 is 0 Å². The highest BCUT2D eigenvalue weighted by Crippen LogP contribution is 2.47. The average Bonchev–Trinajstić information content (AvgIpc) is 3.15. The van der Waals surface area contributed by atoms with Gasteiger partial charge in [0.05, 0.1) is 19.5 Å². The lowest BCUT2D eigenvalue weighted by Gasteiger charge is -2.29. The van der Waals surface area contributed by atoms with Crippen LogP contribution in [0, 0.1) is 5.92 Å². The summed E-state index contributed by atoms with van der Waals surface area (Å²) in [5.41, 5.74) is 5.77. The molecule has 0 radical (unpaired) electrons. The molecule has 0 aromatic carbocycles. The molecule has 0 spiro atoms. The van der Waals surface area contributed by atoms with Gasteiger partial charge in [-0.05, 0) is 0 Å². The highest BCUT2D eigenvalue weighted by atomic mass is 16.6. The molecule has 9 heteroatoms. The zero-order valence-electron chi connectivity index (χ0n) is 12.0. The molecule has 2 aliphatic heterocycles. The van der Waals surface area contributed by atoms with Gasteiger partial charge in [-0.15, -0.1) is 0 Å². The van der Waals surface area contributed by atoms with Gasteiger partial charge in [0, 0.05) is 5.92 Å². The van der Waals surface area contributed by atoms with Crippen LogP contribution in [-0.2, 0) is 9.47 Å². The van der Waals surface area contributed by atoms with E-state index in [1.807, 2.05) is 6.92 Å². The van der Waals surface area contributed by atoms with E-state index in [1.165, 1.54) is 12.7 Å². The fraction of sp³-hybridized carbons (Fsp3) is 0.615. The fourth-order valence-electron chi connectivity index (χ4n) is 3.39. The molecule has 0 amide bonds. The van der Waals surface area contributed by atoms with Crippen molar-refractivity contribution in [2.75, 3.05) is 18.9 Å². The first kappa shape index (κ1) is 13.8. The zero-order valence-corrected chi connectivity index (χ0v) is 12.0. The molecule has 0 bridgehead atoms. The number of aliphatic hydroxyl groups excluding tert-OH is 2. The van der Waals surface area contributed by atoms with E-state index < -0.39 is 24.0 Å². The third-order valence-electron chi connectivity index (χ3n) is 4.69. The van der Waals surface area contributed by atoms with Gasteiger partial charge < -0.3 is 25.4 Å². The number of nitrogens with zero attached hydrogens (tertiary/aromatic N) is 4. The van der Waals surface area contributed by atoms with Crippen LogP contribution >= 0.6 is 0 Å². The first-order valence-electron chi connectivity index (χ1n) is 7.10. The Labute approximate surface area is 125 Å². The minimum Gasteiger partial charge on any atom is -0.393 e. The van der Waals surface area contributed by atoms with Crippen molar-refractivity contribution in [1.82, 2.24) is 19.5 Å². The number of hydrogen-bond acceptors (Lipinski definition) is 8. The van der Waals surface area contributed by atoms with Gasteiger partial charge in [-0.2, -0.15) is 0 Å². The summed E-state index contributed by atoms with van der Waals surface area (Å²) in [6.45, 7) is 2.14. The van der Waals surface area contributed by atoms with E-state index in [1.54, 1.807) is 4.57 Å². The molecule has 4 N–H and O–H groups in total. The number of aromatic nitrogens is 4. The molecule has 5 atom stereocenters. The van der Waals surface area contributed by atoms with Crippen LogP contribution in [0.15, 0.2) is 12.7 Å². The quantitative estimate of drug-likeness (QED) is 0.648. The number of rotatable bonds is 2. The molecule has 2 aromatic heterocycles. The van der Waals surface area contributed by atoms with Gasteiger partial charge in [0.2, 0.25) is 0 Å². The molecular weight excluding hydrogens is 290 g/mol. The molecule has 0 saturated carbocycles. The van der Waals surface area contributed by atoms with Gasteiger partial charge in [-0.25, -0.2) is 15.0 Å². The second-order valence-electron chi connectivity index (χ2n) is 5.85. The average molecular weight is 307 g/mol. The van der Waals surface area contributed by atoms with Crippen molar-refractivity contribution in [3.8, 4) is 0 Å². The summed E-state index contributed by atoms with van der Waals surface area (Å²) < 4.78 is 13.3. The third kappa shape index (κ3) is 1.59. The largest absolute Gasteiger partial charge is 0.393 e. The fourth-order valence-corrected chi connectivity index (χ4v) is 3.39. The van der Waals surface area contributed by atoms with Crippen molar-refractivity contribution >= 4 is 17.0 Å². The Hall–Kier alpha value is -1.81. The van der Waals surface area contributed by atoms with E-state index in [9.17, 15) is 10.2 Å². The van der Waals surface area contributed by atoms with E-state index in [-0.39, 0.29) is 18.3 Å². The molecule has 2 saturated heterocycles. The summed E-state index contributed by atoms with van der Waals surface area (Å²) in [5.74, 6) is 0.231. The summed E-state index contributed by atoms with van der Waals surface area (Å²) in [6, 6.07) is 0. The summed E-state index contributed by atoms with van der Waals surface area (Å²) in [4.78, 5) is 12.2. The number of nitrogens with two attached hydrogens (primary N) is 1. The summed E-state index contributed by atoms with van der Waals surface area (Å²) in [6.07, 6.45) is 0.554. The van der Waals surface area contributed by atoms with E-state index in [0.29, 0.717) is 17.8 Å². The molecule has 9 nitrogen and oxygen atoms in total. The van der Waals surface area contributed by atoms with Crippen molar-refractivity contribution < 1.29 is 19.7 Å². The first-order valence-corrected chi connectivity index (χ1v) is 7.10. The van der Waals surface area contributed by atoms with Gasteiger partial charge in [0.15, 0.2) is 17.7 Å². The Balaban J connectivity index is 1.79. The molecule has 2 aromatic rings. The minimum atomic E-state index is -0.939. The maximum atomic E-state index is 10.6. The number of fused-ring (bicyclic) bond motifs is 2. The smallest absolute Gasteiger partial charge is 0.167 e. The molecular formula is C13H17N5O4. The van der Waals surface area contributed by atoms with Crippen LogP contribution in [0.4, 0.5) is 5.82 Å². The number of anilines is 1. The Morgan fingerprint density at radius 3 is 3.00 bits per heavy atom. The highest BCUT2D eigenvalue weighted by Gasteiger charge is 2.62. The van der Waals surface area contributed by atoms with Crippen molar-refractivity contribution in [2.24, 2.45) is 5.92 Å². The predicted molar refractivity (Wildman–Crippen MR) is 74.6 cm³/mol. The highest BCUT2D eigenvalue weighted by molar-refractivity contribution is 5.81. The second kappa shape index (κ2) is 4.59. The topological polar surface area (TPSA) is 129 Å². The van der Waals surface area contributed by atoms with Gasteiger partial charge in [0.1, 0.15) is 29.7 Å². The van der Waals surface area contributed by atoms with Crippen molar-refractivity contribution in [2.45, 2.75) is 31.0 Å². The Bertz CT molecular complexity index is 722. The number of aliphatic hydroxyl groups is 2. The Kier molecular flexibility index (Phi) is 2.89. The van der Waals surface area contributed by atoms with Crippen LogP contribution < -0.4 is 5.73 Å². The van der Waals surface area contributed by atoms with Gasteiger partial charge in [0.25, 0.3) is 0 Å². The first-order chi connectivity index (χ1) is 10.6. The molecule has 2 aliphatic rings. The van der Waals surface area contributed by atoms with Crippen molar-refractivity contribution in [1.29, 1.82) is 0 Å². The van der Waals surface area contributed by atoms with Crippen molar-refractivity contribution in [3.05, 3.63) is 12.7 Å². The molecule has 1 unspecified atom stereocenters. The second-order valence-corrected chi connectivity index (χ2v) is 5.85. The molecule has 118 valence electrons. The summed E-state index contributed by atoms with van der Waals surface area (Å²) in [7, 11) is 0. The lowest BCUT2D eigenvalue weighted by atomic mass is 9.87. The maximum Gasteiger partial charge on any atom is 0.167 e. The molecule has 4 heterocycles. The lowest BCUT2D eigenvalue weighted by molar-refractivity contribution is -0.126. The van der Waals surface area contributed by atoms with Crippen LogP contribution in [0.1, 0.15) is 13.2 Å². The Morgan fingerprint density at radius 2 is 2.27 bits per heavy atom. The van der Waals surface area contributed by atoms with Crippen LogP contribution in [0.5, 0.6) is 0 Å². The van der Waals surface area contributed by atoms with Crippen LogP contribution in [0.25, 0.3) is 11.2 Å². The van der Waals surface area contributed by atoms with E-state index >= 15 is 0 Å². The monoisotopic (exact) mass is 307 g/mol. The van der Waals surface area contributed by atoms with E-state index in [4.69, 9.17) is 15.2 Å². The molecule has 0 aliphatic carbocycles. The van der Waals surface area contributed by atoms with Crippen LogP contribution in [0.3, 0.4) is 0 Å². The number of imidazole rings is 1. The third-order valence-corrected chi connectivity index (χ3v) is 4.69. The molecule has 4 rings (SSSR count). The van der Waals surface area contributed by atoms with Crippen LogP contribution in [0.2, 0.25) is 0 Å². The normalized spacial score (nSPS) is 37.8. The molecule has 22 heavy (non-hydrogen) atoms. The Morgan fingerprint density at radius 1 is 1.45 bits per heavy atom. The van der Waals surface area contributed by atoms with Crippen molar-refractivity contribution in [3.63, 3.8) is 0 Å².